The number of rotatable bonds is 9. The molecule has 0 aromatic heterocycles. The molecule has 0 aliphatic carbocycles. The van der Waals surface area contributed by atoms with Crippen molar-refractivity contribution in [3.8, 4) is 0 Å². The maximum Gasteiger partial charge on any atom is 0.412 e. The molecular formula is C32H39ClFN5O5. The first kappa shape index (κ1) is 33.3. The molecule has 3 atom stereocenters. The monoisotopic (exact) mass is 627 g/mol. The third-order valence-corrected chi connectivity index (χ3v) is 7.91. The lowest BCUT2D eigenvalue weighted by molar-refractivity contribution is -0.117. The molecular weight excluding hydrogens is 589 g/mol. The van der Waals surface area contributed by atoms with Crippen molar-refractivity contribution >= 4 is 29.3 Å². The van der Waals surface area contributed by atoms with E-state index in [1.807, 2.05) is 6.08 Å². The third kappa shape index (κ3) is 8.09. The first-order chi connectivity index (χ1) is 20.8. The number of carbonyl (C=O) groups is 2. The molecule has 236 valence electrons. The molecule has 1 saturated heterocycles. The van der Waals surface area contributed by atoms with E-state index in [9.17, 15) is 15.1 Å². The molecule has 0 saturated carbocycles. The Morgan fingerprint density at radius 1 is 1.25 bits per heavy atom. The highest BCUT2D eigenvalue weighted by Gasteiger charge is 2.45. The van der Waals surface area contributed by atoms with Gasteiger partial charge in [0.1, 0.15) is 23.2 Å². The van der Waals surface area contributed by atoms with Crippen LogP contribution in [0.3, 0.4) is 0 Å². The maximum absolute atomic E-state index is 15.3. The quantitative estimate of drug-likeness (QED) is 0.133. The van der Waals surface area contributed by atoms with Crippen LogP contribution in [0.1, 0.15) is 64.5 Å². The van der Waals surface area contributed by atoms with Gasteiger partial charge in [-0.3, -0.25) is 9.69 Å². The van der Waals surface area contributed by atoms with Crippen LogP contribution in [0.5, 0.6) is 0 Å². The minimum Gasteiger partial charge on any atom is -0.444 e. The van der Waals surface area contributed by atoms with E-state index in [-0.39, 0.29) is 30.3 Å². The zero-order chi connectivity index (χ0) is 32.1. The summed E-state index contributed by atoms with van der Waals surface area (Å²) in [7, 11) is 0. The Hall–Kier alpha value is -3.63. The van der Waals surface area contributed by atoms with Crippen molar-refractivity contribution in [2.75, 3.05) is 25.1 Å². The SMILES string of the molecule is CC(C)(C)OC(=O)N1[C@@H](CCc2c(F)cccc2NC(=O)[C@@H](N=[N+]=[N-])[C@H](C2=CCOCC2)c2ccc(Cl)cc2)COC1(C)C. The largest absolute Gasteiger partial charge is 0.444 e. The second-order valence-corrected chi connectivity index (χ2v) is 12.8. The molecule has 0 bridgehead atoms. The smallest absolute Gasteiger partial charge is 0.412 e. The van der Waals surface area contributed by atoms with Gasteiger partial charge in [0.05, 0.1) is 25.9 Å². The Labute approximate surface area is 262 Å². The van der Waals surface area contributed by atoms with Gasteiger partial charge < -0.3 is 19.5 Å². The lowest BCUT2D eigenvalue weighted by atomic mass is 9.82. The van der Waals surface area contributed by atoms with Crippen LogP contribution in [0.25, 0.3) is 10.4 Å². The summed E-state index contributed by atoms with van der Waals surface area (Å²) in [4.78, 5) is 31.5. The molecule has 0 radical (unpaired) electrons. The molecule has 10 nitrogen and oxygen atoms in total. The summed E-state index contributed by atoms with van der Waals surface area (Å²) in [6.07, 6.45) is 2.48. The molecule has 2 aliphatic heterocycles. The first-order valence-electron chi connectivity index (χ1n) is 14.6. The van der Waals surface area contributed by atoms with E-state index in [0.717, 1.165) is 11.1 Å². The molecule has 2 aromatic rings. The number of carbonyl (C=O) groups excluding carboxylic acids is 2. The van der Waals surface area contributed by atoms with Crippen LogP contribution >= 0.6 is 11.6 Å². The topological polar surface area (TPSA) is 126 Å². The van der Waals surface area contributed by atoms with Gasteiger partial charge >= 0.3 is 6.09 Å². The van der Waals surface area contributed by atoms with E-state index >= 15 is 4.39 Å². The van der Waals surface area contributed by atoms with Gasteiger partial charge in [-0.25, -0.2) is 9.18 Å². The summed E-state index contributed by atoms with van der Waals surface area (Å²) in [5.41, 5.74) is 10.0. The predicted octanol–water partition coefficient (Wildman–Crippen LogP) is 7.53. The standard InChI is InChI=1S/C32H39ClFN5O5/c1-31(2,3)44-30(41)39-23(19-43-32(39,4)5)13-14-24-25(34)7-6-8-26(24)36-29(40)28(37-38-35)27(21-15-17-42-18-16-21)20-9-11-22(33)12-10-20/h6-12,15,23,27-28H,13-14,16-19H2,1-5H3,(H,36,40)/t23-,27-,28-/m0/s1. The Morgan fingerprint density at radius 2 is 1.98 bits per heavy atom. The van der Waals surface area contributed by atoms with E-state index in [2.05, 4.69) is 15.3 Å². The molecule has 0 unspecified atom stereocenters. The van der Waals surface area contributed by atoms with E-state index in [1.165, 1.54) is 12.1 Å². The molecule has 2 amide bonds. The second kappa shape index (κ2) is 14.0. The molecule has 2 aromatic carbocycles. The van der Waals surface area contributed by atoms with Crippen molar-refractivity contribution in [2.45, 2.75) is 83.2 Å². The molecule has 4 rings (SSSR count). The normalized spacial score (nSPS) is 19.4. The molecule has 12 heteroatoms. The number of ether oxygens (including phenoxy) is 3. The summed E-state index contributed by atoms with van der Waals surface area (Å²) in [5.74, 6) is -1.67. The van der Waals surface area contributed by atoms with Crippen molar-refractivity contribution in [3.63, 3.8) is 0 Å². The van der Waals surface area contributed by atoms with Crippen LogP contribution in [0.15, 0.2) is 59.2 Å². The number of hydrogen-bond donors (Lipinski definition) is 1. The van der Waals surface area contributed by atoms with Gasteiger partial charge in [0, 0.05) is 27.1 Å². The zero-order valence-electron chi connectivity index (χ0n) is 25.7. The summed E-state index contributed by atoms with van der Waals surface area (Å²) >= 11 is 6.12. The van der Waals surface area contributed by atoms with Gasteiger partial charge in [-0.05, 0) is 89.2 Å². The number of halogens is 2. The molecule has 44 heavy (non-hydrogen) atoms. The number of anilines is 1. The summed E-state index contributed by atoms with van der Waals surface area (Å²) in [6, 6.07) is 9.90. The molecule has 2 heterocycles. The Bertz CT molecular complexity index is 1440. The van der Waals surface area contributed by atoms with E-state index < -0.39 is 41.1 Å². The van der Waals surface area contributed by atoms with Gasteiger partial charge in [-0.15, -0.1) is 0 Å². The highest BCUT2D eigenvalue weighted by atomic mass is 35.5. The predicted molar refractivity (Wildman–Crippen MR) is 166 cm³/mol. The summed E-state index contributed by atoms with van der Waals surface area (Å²) < 4.78 is 32.3. The number of hydrogen-bond acceptors (Lipinski definition) is 6. The van der Waals surface area contributed by atoms with E-state index in [1.54, 1.807) is 69.9 Å². The van der Waals surface area contributed by atoms with E-state index in [0.29, 0.717) is 31.1 Å². The van der Waals surface area contributed by atoms with Crippen molar-refractivity contribution in [2.24, 2.45) is 5.11 Å². The lowest BCUT2D eigenvalue weighted by Crippen LogP contribution is -2.50. The van der Waals surface area contributed by atoms with Gasteiger partial charge in [0.2, 0.25) is 5.91 Å². The number of amides is 2. The highest BCUT2D eigenvalue weighted by molar-refractivity contribution is 6.30. The fourth-order valence-electron chi connectivity index (χ4n) is 5.64. The van der Waals surface area contributed by atoms with Crippen LogP contribution in [0.4, 0.5) is 14.9 Å². The second-order valence-electron chi connectivity index (χ2n) is 12.3. The minimum absolute atomic E-state index is 0.195. The van der Waals surface area contributed by atoms with Crippen molar-refractivity contribution in [3.05, 3.63) is 86.5 Å². The molecule has 2 aliphatic rings. The number of azide groups is 1. The number of benzene rings is 2. The van der Waals surface area contributed by atoms with Crippen molar-refractivity contribution < 1.29 is 28.2 Å². The van der Waals surface area contributed by atoms with E-state index in [4.69, 9.17) is 25.8 Å². The molecule has 1 fully saturated rings. The van der Waals surface area contributed by atoms with Crippen LogP contribution in [0, 0.1) is 5.82 Å². The summed E-state index contributed by atoms with van der Waals surface area (Å²) in [6.45, 7) is 10.0. The van der Waals surface area contributed by atoms with Crippen LogP contribution in [-0.2, 0) is 25.4 Å². The first-order valence-corrected chi connectivity index (χ1v) is 15.0. The van der Waals surface area contributed by atoms with Gasteiger partial charge in [-0.1, -0.05) is 46.6 Å². The van der Waals surface area contributed by atoms with Crippen LogP contribution in [0.2, 0.25) is 5.02 Å². The molecule has 1 N–H and O–H groups in total. The zero-order valence-corrected chi connectivity index (χ0v) is 26.4. The number of nitrogens with one attached hydrogen (secondary N) is 1. The van der Waals surface area contributed by atoms with Crippen LogP contribution in [-0.4, -0.2) is 60.1 Å². The number of nitrogens with zero attached hydrogens (tertiary/aromatic N) is 4. The third-order valence-electron chi connectivity index (χ3n) is 7.66. The average molecular weight is 628 g/mol. The van der Waals surface area contributed by atoms with Crippen molar-refractivity contribution in [1.29, 1.82) is 0 Å². The Balaban J connectivity index is 1.59. The van der Waals surface area contributed by atoms with Crippen molar-refractivity contribution in [1.82, 2.24) is 4.90 Å². The lowest BCUT2D eigenvalue weighted by Gasteiger charge is -2.35. The Kier molecular flexibility index (Phi) is 10.6. The fourth-order valence-corrected chi connectivity index (χ4v) is 5.77. The highest BCUT2D eigenvalue weighted by Crippen LogP contribution is 2.36. The average Bonchev–Trinajstić information content (AvgIpc) is 3.27. The van der Waals surface area contributed by atoms with Crippen LogP contribution < -0.4 is 5.32 Å². The fraction of sp³-hybridized carbons (Fsp3) is 0.500. The molecule has 0 spiro atoms. The van der Waals surface area contributed by atoms with Gasteiger partial charge in [0.15, 0.2) is 0 Å². The van der Waals surface area contributed by atoms with Gasteiger partial charge in [0.25, 0.3) is 0 Å². The Morgan fingerprint density at radius 3 is 2.61 bits per heavy atom. The summed E-state index contributed by atoms with van der Waals surface area (Å²) in [5, 5.41) is 7.28. The van der Waals surface area contributed by atoms with Gasteiger partial charge in [-0.2, -0.15) is 0 Å². The minimum atomic E-state index is -1.17. The maximum atomic E-state index is 15.3.